The summed E-state index contributed by atoms with van der Waals surface area (Å²) in [6.45, 7) is 8.09. The molecule has 0 spiro atoms. The van der Waals surface area contributed by atoms with Gasteiger partial charge in [-0.3, -0.25) is 4.79 Å². The van der Waals surface area contributed by atoms with Crippen molar-refractivity contribution < 1.29 is 14.7 Å². The van der Waals surface area contributed by atoms with E-state index in [1.807, 2.05) is 34.0 Å². The van der Waals surface area contributed by atoms with Crippen molar-refractivity contribution >= 4 is 23.8 Å². The largest absolute Gasteiger partial charge is 0.481 e. The third-order valence-corrected chi connectivity index (χ3v) is 3.81. The molecular weight excluding hydrogens is 276 g/mol. The molecule has 2 amide bonds. The summed E-state index contributed by atoms with van der Waals surface area (Å²) >= 11 is 1.68. The number of carbonyl (C=O) groups excluding carboxylic acids is 1. The van der Waals surface area contributed by atoms with Crippen LogP contribution in [0.3, 0.4) is 0 Å². The number of hydrogen-bond acceptors (Lipinski definition) is 3. The molecular formula is C14H28N2O3S. The molecule has 0 aliphatic carbocycles. The zero-order chi connectivity index (χ0) is 15.9. The highest BCUT2D eigenvalue weighted by molar-refractivity contribution is 7.98. The Morgan fingerprint density at radius 2 is 1.90 bits per heavy atom. The predicted molar refractivity (Wildman–Crippen MR) is 84.3 cm³/mol. The second kappa shape index (κ2) is 8.39. The Bertz CT molecular complexity index is 329. The molecule has 0 saturated heterocycles. The first-order chi connectivity index (χ1) is 9.06. The predicted octanol–water partition coefficient (Wildman–Crippen LogP) is 2.66. The summed E-state index contributed by atoms with van der Waals surface area (Å²) in [6, 6.07) is -0.434. The lowest BCUT2D eigenvalue weighted by Crippen LogP contribution is -2.48. The van der Waals surface area contributed by atoms with Crippen molar-refractivity contribution in [2.45, 2.75) is 52.6 Å². The molecule has 0 aromatic carbocycles. The van der Waals surface area contributed by atoms with Crippen molar-refractivity contribution in [2.75, 3.05) is 19.1 Å². The number of carbonyl (C=O) groups is 2. The Morgan fingerprint density at radius 1 is 1.35 bits per heavy atom. The monoisotopic (exact) mass is 304 g/mol. The van der Waals surface area contributed by atoms with Crippen molar-refractivity contribution in [1.29, 1.82) is 0 Å². The standard InChI is InChI=1S/C14H28N2O3S/c1-10(9-20-6)16(5)13(19)15-11(7-12(17)18)8-14(2,3)4/h10-11H,7-9H2,1-6H3,(H,15,19)(H,17,18). The van der Waals surface area contributed by atoms with Gasteiger partial charge in [0.15, 0.2) is 0 Å². The van der Waals surface area contributed by atoms with Gasteiger partial charge in [-0.15, -0.1) is 0 Å². The Morgan fingerprint density at radius 3 is 2.30 bits per heavy atom. The van der Waals surface area contributed by atoms with E-state index in [9.17, 15) is 9.59 Å². The molecule has 0 aliphatic rings. The molecule has 0 heterocycles. The fourth-order valence-electron chi connectivity index (χ4n) is 1.95. The van der Waals surface area contributed by atoms with Crippen molar-refractivity contribution in [2.24, 2.45) is 5.41 Å². The fraction of sp³-hybridized carbons (Fsp3) is 0.857. The number of amides is 2. The highest BCUT2D eigenvalue weighted by Gasteiger charge is 2.25. The lowest BCUT2D eigenvalue weighted by atomic mass is 9.87. The van der Waals surface area contributed by atoms with Gasteiger partial charge in [0.1, 0.15) is 0 Å². The minimum atomic E-state index is -0.889. The Kier molecular flexibility index (Phi) is 8.01. The average Bonchev–Trinajstić information content (AvgIpc) is 2.24. The molecule has 0 aromatic heterocycles. The minimum Gasteiger partial charge on any atom is -0.481 e. The number of hydrogen-bond donors (Lipinski definition) is 2. The van der Waals surface area contributed by atoms with E-state index in [-0.39, 0.29) is 30.0 Å². The summed E-state index contributed by atoms with van der Waals surface area (Å²) in [7, 11) is 1.74. The van der Waals surface area contributed by atoms with Crippen LogP contribution in [0, 0.1) is 5.41 Å². The Balaban J connectivity index is 4.63. The van der Waals surface area contributed by atoms with Gasteiger partial charge in [-0.2, -0.15) is 11.8 Å². The smallest absolute Gasteiger partial charge is 0.317 e. The third kappa shape index (κ3) is 8.30. The lowest BCUT2D eigenvalue weighted by Gasteiger charge is -2.30. The van der Waals surface area contributed by atoms with E-state index in [1.165, 1.54) is 0 Å². The molecule has 0 aromatic rings. The van der Waals surface area contributed by atoms with Crippen LogP contribution in [-0.4, -0.2) is 53.1 Å². The summed E-state index contributed by atoms with van der Waals surface area (Å²) in [4.78, 5) is 24.7. The minimum absolute atomic E-state index is 0.0309. The number of urea groups is 1. The van der Waals surface area contributed by atoms with E-state index >= 15 is 0 Å². The number of nitrogens with zero attached hydrogens (tertiary/aromatic N) is 1. The van der Waals surface area contributed by atoms with Crippen molar-refractivity contribution in [3.63, 3.8) is 0 Å². The van der Waals surface area contributed by atoms with Gasteiger partial charge >= 0.3 is 12.0 Å². The molecule has 6 heteroatoms. The molecule has 0 rings (SSSR count). The van der Waals surface area contributed by atoms with Crippen LogP contribution in [0.1, 0.15) is 40.5 Å². The van der Waals surface area contributed by atoms with Gasteiger partial charge in [0.25, 0.3) is 0 Å². The zero-order valence-corrected chi connectivity index (χ0v) is 14.2. The molecule has 0 fully saturated rings. The van der Waals surface area contributed by atoms with Crippen molar-refractivity contribution in [1.82, 2.24) is 10.2 Å². The Labute approximate surface area is 126 Å². The SMILES string of the molecule is CSCC(C)N(C)C(=O)NC(CC(=O)O)CC(C)(C)C. The van der Waals surface area contributed by atoms with Crippen LogP contribution in [-0.2, 0) is 4.79 Å². The average molecular weight is 304 g/mol. The Hall–Kier alpha value is -0.910. The van der Waals surface area contributed by atoms with Crippen LogP contribution >= 0.6 is 11.8 Å². The fourth-order valence-corrected chi connectivity index (χ4v) is 2.66. The molecule has 2 unspecified atom stereocenters. The highest BCUT2D eigenvalue weighted by atomic mass is 32.2. The topological polar surface area (TPSA) is 69.6 Å². The van der Waals surface area contributed by atoms with Gasteiger partial charge in [0, 0.05) is 24.9 Å². The molecule has 5 nitrogen and oxygen atoms in total. The molecule has 0 radical (unpaired) electrons. The molecule has 0 aliphatic heterocycles. The van der Waals surface area contributed by atoms with Crippen LogP contribution in [0.15, 0.2) is 0 Å². The second-order valence-electron chi connectivity index (χ2n) is 6.42. The van der Waals surface area contributed by atoms with Crippen LogP contribution in [0.5, 0.6) is 0 Å². The number of aliphatic carboxylic acids is 1. The van der Waals surface area contributed by atoms with Crippen LogP contribution in [0.25, 0.3) is 0 Å². The first kappa shape index (κ1) is 19.1. The molecule has 118 valence electrons. The second-order valence-corrected chi connectivity index (χ2v) is 7.34. The number of carboxylic acids is 1. The normalized spacial score (nSPS) is 14.5. The summed E-state index contributed by atoms with van der Waals surface area (Å²) in [5.74, 6) is -0.0355. The number of carboxylic acid groups (broad SMARTS) is 1. The molecule has 0 saturated carbocycles. The number of thioether (sulfide) groups is 1. The zero-order valence-electron chi connectivity index (χ0n) is 13.4. The molecule has 0 bridgehead atoms. The van der Waals surface area contributed by atoms with E-state index < -0.39 is 5.97 Å². The third-order valence-electron chi connectivity index (χ3n) is 3.00. The lowest BCUT2D eigenvalue weighted by molar-refractivity contribution is -0.137. The van der Waals surface area contributed by atoms with Crippen LogP contribution in [0.4, 0.5) is 4.79 Å². The van der Waals surface area contributed by atoms with Gasteiger partial charge in [-0.05, 0) is 25.0 Å². The molecule has 20 heavy (non-hydrogen) atoms. The van der Waals surface area contributed by atoms with Crippen LogP contribution < -0.4 is 5.32 Å². The van der Waals surface area contributed by atoms with Gasteiger partial charge in [0.2, 0.25) is 0 Å². The maximum Gasteiger partial charge on any atom is 0.317 e. The maximum atomic E-state index is 12.1. The van der Waals surface area contributed by atoms with Crippen LogP contribution in [0.2, 0.25) is 0 Å². The number of nitrogens with one attached hydrogen (secondary N) is 1. The summed E-state index contributed by atoms with van der Waals surface area (Å²) in [5, 5.41) is 11.8. The highest BCUT2D eigenvalue weighted by Crippen LogP contribution is 2.22. The summed E-state index contributed by atoms with van der Waals surface area (Å²) in [6.07, 6.45) is 2.58. The van der Waals surface area contributed by atoms with Gasteiger partial charge in [0.05, 0.1) is 6.42 Å². The summed E-state index contributed by atoms with van der Waals surface area (Å²) < 4.78 is 0. The van der Waals surface area contributed by atoms with Gasteiger partial charge in [-0.1, -0.05) is 20.8 Å². The van der Waals surface area contributed by atoms with E-state index in [0.717, 1.165) is 5.75 Å². The van der Waals surface area contributed by atoms with E-state index in [2.05, 4.69) is 5.32 Å². The maximum absolute atomic E-state index is 12.1. The van der Waals surface area contributed by atoms with E-state index in [1.54, 1.807) is 23.7 Å². The summed E-state index contributed by atoms with van der Waals surface area (Å²) in [5.41, 5.74) is -0.0309. The van der Waals surface area contributed by atoms with Gasteiger partial charge in [-0.25, -0.2) is 4.79 Å². The van der Waals surface area contributed by atoms with Crippen molar-refractivity contribution in [3.05, 3.63) is 0 Å². The quantitative estimate of drug-likeness (QED) is 0.758. The molecule has 2 atom stereocenters. The molecule has 2 N–H and O–H groups in total. The van der Waals surface area contributed by atoms with E-state index in [4.69, 9.17) is 5.11 Å². The first-order valence-electron chi connectivity index (χ1n) is 6.81. The van der Waals surface area contributed by atoms with Gasteiger partial charge < -0.3 is 15.3 Å². The van der Waals surface area contributed by atoms with E-state index in [0.29, 0.717) is 6.42 Å². The number of rotatable bonds is 7. The first-order valence-corrected chi connectivity index (χ1v) is 8.20. The van der Waals surface area contributed by atoms with Crippen molar-refractivity contribution in [3.8, 4) is 0 Å².